The van der Waals surface area contributed by atoms with Crippen molar-refractivity contribution < 1.29 is 9.90 Å². The van der Waals surface area contributed by atoms with Crippen molar-refractivity contribution >= 4 is 17.3 Å². The minimum atomic E-state index is -0.954. The van der Waals surface area contributed by atoms with E-state index >= 15 is 0 Å². The molecule has 1 aromatic rings. The van der Waals surface area contributed by atoms with E-state index in [4.69, 9.17) is 5.73 Å². The zero-order valence-electron chi connectivity index (χ0n) is 12.7. The van der Waals surface area contributed by atoms with E-state index in [1.165, 1.54) is 19.4 Å². The number of carboxylic acid groups (broad SMARTS) is 1. The summed E-state index contributed by atoms with van der Waals surface area (Å²) in [5.74, 6) is -0.954. The molecule has 3 N–H and O–H groups in total. The Labute approximate surface area is 125 Å². The maximum absolute atomic E-state index is 11.4. The minimum Gasteiger partial charge on any atom is -0.478 e. The molecule has 0 radical (unpaired) electrons. The molecule has 0 saturated carbocycles. The largest absolute Gasteiger partial charge is 0.478 e. The second-order valence-electron chi connectivity index (χ2n) is 6.32. The molecule has 21 heavy (non-hydrogen) atoms. The fraction of sp³-hybridized carbons (Fsp3) is 0.562. The number of carboxylic acids is 1. The maximum atomic E-state index is 11.4. The van der Waals surface area contributed by atoms with Gasteiger partial charge in [0.05, 0.1) is 5.56 Å². The highest BCUT2D eigenvalue weighted by atomic mass is 16.4. The maximum Gasteiger partial charge on any atom is 0.337 e. The normalized spacial score (nSPS) is 25.9. The molecule has 2 atom stereocenters. The van der Waals surface area contributed by atoms with Crippen molar-refractivity contribution in [2.24, 2.45) is 0 Å². The summed E-state index contributed by atoms with van der Waals surface area (Å²) in [6, 6.07) is 4.74. The Morgan fingerprint density at radius 3 is 2.86 bits per heavy atom. The van der Waals surface area contributed by atoms with Gasteiger partial charge in [-0.15, -0.1) is 0 Å². The van der Waals surface area contributed by atoms with E-state index in [2.05, 4.69) is 16.7 Å². The van der Waals surface area contributed by atoms with Gasteiger partial charge in [0.25, 0.3) is 0 Å². The molecule has 0 aromatic heterocycles. The molecule has 2 unspecified atom stereocenters. The number of aryl methyl sites for hydroxylation is 1. The van der Waals surface area contributed by atoms with Crippen molar-refractivity contribution in [3.8, 4) is 0 Å². The number of anilines is 2. The lowest BCUT2D eigenvalue weighted by Gasteiger charge is -2.44. The molecule has 5 nitrogen and oxygen atoms in total. The first kappa shape index (κ1) is 14.2. The molecule has 0 amide bonds. The molecule has 5 heteroatoms. The first-order valence-electron chi connectivity index (χ1n) is 7.61. The van der Waals surface area contributed by atoms with E-state index in [9.17, 15) is 9.90 Å². The van der Waals surface area contributed by atoms with Gasteiger partial charge in [-0.25, -0.2) is 4.79 Å². The SMILES string of the molecule is Cc1cc(N2CC3CCCN3CC2C)cc(C(=O)O)c1N. The number of piperazine rings is 1. The summed E-state index contributed by atoms with van der Waals surface area (Å²) in [6.45, 7) is 7.31. The summed E-state index contributed by atoms with van der Waals surface area (Å²) in [4.78, 5) is 16.3. The monoisotopic (exact) mass is 289 g/mol. The zero-order valence-corrected chi connectivity index (χ0v) is 12.7. The van der Waals surface area contributed by atoms with Gasteiger partial charge in [-0.05, 0) is 50.9 Å². The molecule has 0 spiro atoms. The smallest absolute Gasteiger partial charge is 0.337 e. The van der Waals surface area contributed by atoms with E-state index < -0.39 is 5.97 Å². The number of fused-ring (bicyclic) bond motifs is 1. The standard InChI is InChI=1S/C16H23N3O2/c1-10-6-13(7-14(15(10)17)16(20)21)19-9-12-4-3-5-18(12)8-11(19)2/h6-7,11-12H,3-5,8-9,17H2,1-2H3,(H,20,21). The van der Waals surface area contributed by atoms with Crippen LogP contribution in [-0.2, 0) is 0 Å². The summed E-state index contributed by atoms with van der Waals surface area (Å²) in [6.07, 6.45) is 2.51. The number of hydrogen-bond donors (Lipinski definition) is 2. The fourth-order valence-corrected chi connectivity index (χ4v) is 3.67. The third-order valence-electron chi connectivity index (χ3n) is 4.87. The molecule has 3 rings (SSSR count). The van der Waals surface area contributed by atoms with Crippen molar-refractivity contribution in [2.45, 2.75) is 38.8 Å². The van der Waals surface area contributed by atoms with E-state index in [1.54, 1.807) is 6.07 Å². The van der Waals surface area contributed by atoms with E-state index in [0.717, 1.165) is 24.3 Å². The van der Waals surface area contributed by atoms with Gasteiger partial charge in [0.2, 0.25) is 0 Å². The topological polar surface area (TPSA) is 69.8 Å². The second-order valence-corrected chi connectivity index (χ2v) is 6.32. The van der Waals surface area contributed by atoms with Crippen LogP contribution in [0.25, 0.3) is 0 Å². The summed E-state index contributed by atoms with van der Waals surface area (Å²) in [5.41, 5.74) is 8.31. The van der Waals surface area contributed by atoms with Crippen molar-refractivity contribution in [3.05, 3.63) is 23.3 Å². The number of carbonyl (C=O) groups is 1. The van der Waals surface area contributed by atoms with Gasteiger partial charge in [0.1, 0.15) is 0 Å². The van der Waals surface area contributed by atoms with Crippen LogP contribution in [0.5, 0.6) is 0 Å². The predicted molar refractivity (Wildman–Crippen MR) is 84.0 cm³/mol. The first-order chi connectivity index (χ1) is 9.97. The van der Waals surface area contributed by atoms with Gasteiger partial charge in [-0.3, -0.25) is 4.90 Å². The molecular formula is C16H23N3O2. The highest BCUT2D eigenvalue weighted by Gasteiger charge is 2.34. The average molecular weight is 289 g/mol. The summed E-state index contributed by atoms with van der Waals surface area (Å²) in [5, 5.41) is 9.32. The zero-order chi connectivity index (χ0) is 15.1. The number of aromatic carboxylic acids is 1. The van der Waals surface area contributed by atoms with Crippen LogP contribution in [0.15, 0.2) is 12.1 Å². The van der Waals surface area contributed by atoms with Gasteiger partial charge in [0, 0.05) is 36.5 Å². The number of nitrogen functional groups attached to an aromatic ring is 1. The Morgan fingerprint density at radius 2 is 2.14 bits per heavy atom. The molecule has 1 aromatic carbocycles. The molecule has 0 bridgehead atoms. The fourth-order valence-electron chi connectivity index (χ4n) is 3.67. The predicted octanol–water partition coefficient (Wildman–Crippen LogP) is 1.95. The molecule has 2 saturated heterocycles. The van der Waals surface area contributed by atoms with Gasteiger partial charge in [-0.2, -0.15) is 0 Å². The van der Waals surface area contributed by atoms with Gasteiger partial charge in [-0.1, -0.05) is 0 Å². The van der Waals surface area contributed by atoms with E-state index in [-0.39, 0.29) is 5.56 Å². The van der Waals surface area contributed by atoms with Crippen molar-refractivity contribution in [1.82, 2.24) is 4.90 Å². The highest BCUT2D eigenvalue weighted by molar-refractivity contribution is 5.95. The van der Waals surface area contributed by atoms with Crippen LogP contribution in [0.2, 0.25) is 0 Å². The summed E-state index contributed by atoms with van der Waals surface area (Å²) in [7, 11) is 0. The van der Waals surface area contributed by atoms with E-state index in [1.807, 2.05) is 13.0 Å². The number of rotatable bonds is 2. The quantitative estimate of drug-likeness (QED) is 0.814. The summed E-state index contributed by atoms with van der Waals surface area (Å²) >= 11 is 0. The lowest BCUT2D eigenvalue weighted by Crippen LogP contribution is -2.55. The van der Waals surface area contributed by atoms with Crippen LogP contribution in [-0.4, -0.2) is 47.7 Å². The number of nitrogens with two attached hydrogens (primary N) is 1. The Morgan fingerprint density at radius 1 is 1.38 bits per heavy atom. The third kappa shape index (κ3) is 2.46. The van der Waals surface area contributed by atoms with Crippen molar-refractivity contribution in [2.75, 3.05) is 30.3 Å². The molecule has 2 fully saturated rings. The van der Waals surface area contributed by atoms with Crippen LogP contribution >= 0.6 is 0 Å². The molecule has 2 heterocycles. The van der Waals surface area contributed by atoms with Gasteiger partial charge >= 0.3 is 5.97 Å². The Kier molecular flexibility index (Phi) is 3.53. The molecule has 0 aliphatic carbocycles. The Hall–Kier alpha value is -1.75. The number of nitrogens with zero attached hydrogens (tertiary/aromatic N) is 2. The van der Waals surface area contributed by atoms with Crippen molar-refractivity contribution in [3.63, 3.8) is 0 Å². The highest BCUT2D eigenvalue weighted by Crippen LogP contribution is 2.31. The molecular weight excluding hydrogens is 266 g/mol. The lowest BCUT2D eigenvalue weighted by molar-refractivity contribution is 0.0698. The lowest BCUT2D eigenvalue weighted by atomic mass is 10.0. The van der Waals surface area contributed by atoms with Gasteiger partial charge in [0.15, 0.2) is 0 Å². The number of benzene rings is 1. The molecule has 2 aliphatic heterocycles. The van der Waals surface area contributed by atoms with Crippen LogP contribution < -0.4 is 10.6 Å². The number of hydrogen-bond acceptors (Lipinski definition) is 4. The van der Waals surface area contributed by atoms with Crippen LogP contribution in [0, 0.1) is 6.92 Å². The Bertz CT molecular complexity index is 573. The third-order valence-corrected chi connectivity index (χ3v) is 4.87. The van der Waals surface area contributed by atoms with Crippen molar-refractivity contribution in [1.29, 1.82) is 0 Å². The van der Waals surface area contributed by atoms with Crippen LogP contribution in [0.3, 0.4) is 0 Å². The first-order valence-corrected chi connectivity index (χ1v) is 7.61. The summed E-state index contributed by atoms with van der Waals surface area (Å²) < 4.78 is 0. The average Bonchev–Trinajstić information content (AvgIpc) is 2.87. The second kappa shape index (κ2) is 5.22. The van der Waals surface area contributed by atoms with Gasteiger partial charge < -0.3 is 15.7 Å². The minimum absolute atomic E-state index is 0.214. The van der Waals surface area contributed by atoms with Crippen LogP contribution in [0.1, 0.15) is 35.7 Å². The molecule has 114 valence electrons. The van der Waals surface area contributed by atoms with E-state index in [0.29, 0.717) is 17.8 Å². The molecule has 2 aliphatic rings. The Balaban J connectivity index is 1.94. The van der Waals surface area contributed by atoms with Crippen LogP contribution in [0.4, 0.5) is 11.4 Å².